The molecule has 0 radical (unpaired) electrons. The molecule has 0 rings (SSSR count). The Kier molecular flexibility index (Phi) is 9.17. The van der Waals surface area contributed by atoms with Crippen molar-refractivity contribution in [1.29, 1.82) is 0 Å². The zero-order chi connectivity index (χ0) is 4.28. The SMILES string of the molecule is [CH2-]O[P+](=O)O.[Li+]. The fourth-order valence-corrected chi connectivity index (χ4v) is 0. The molecule has 0 spiro atoms. The van der Waals surface area contributed by atoms with Crippen molar-refractivity contribution in [2.45, 2.75) is 0 Å². The van der Waals surface area contributed by atoms with Crippen LogP contribution in [0.5, 0.6) is 0 Å². The largest absolute Gasteiger partial charge is 1.00 e. The Morgan fingerprint density at radius 3 is 2.00 bits per heavy atom. The van der Waals surface area contributed by atoms with Gasteiger partial charge in [0.25, 0.3) is 0 Å². The third-order valence-electron chi connectivity index (χ3n) is 0.110. The molecule has 0 fully saturated rings. The Morgan fingerprint density at radius 1 is 1.83 bits per heavy atom. The van der Waals surface area contributed by atoms with Gasteiger partial charge in [-0.05, 0) is 0 Å². The molecule has 0 saturated carbocycles. The third kappa shape index (κ3) is 8.82. The van der Waals surface area contributed by atoms with Gasteiger partial charge in [0.15, 0.2) is 0 Å². The van der Waals surface area contributed by atoms with Gasteiger partial charge in [-0.15, -0.1) is 4.89 Å². The van der Waals surface area contributed by atoms with E-state index in [0.717, 1.165) is 0 Å². The van der Waals surface area contributed by atoms with Gasteiger partial charge in [0, 0.05) is 4.57 Å². The van der Waals surface area contributed by atoms with E-state index in [1.165, 1.54) is 0 Å². The maximum absolute atomic E-state index is 9.23. The number of rotatable bonds is 1. The molecule has 0 bridgehead atoms. The van der Waals surface area contributed by atoms with Crippen LogP contribution in [0.3, 0.4) is 0 Å². The fourth-order valence-electron chi connectivity index (χ4n) is 0. The van der Waals surface area contributed by atoms with Gasteiger partial charge in [-0.25, -0.2) is 0 Å². The van der Waals surface area contributed by atoms with Crippen LogP contribution >= 0.6 is 8.25 Å². The second kappa shape index (κ2) is 5.62. The summed E-state index contributed by atoms with van der Waals surface area (Å²) in [4.78, 5) is 7.59. The minimum absolute atomic E-state index is 0. The van der Waals surface area contributed by atoms with Crippen molar-refractivity contribution in [2.24, 2.45) is 0 Å². The van der Waals surface area contributed by atoms with Crippen LogP contribution in [0.1, 0.15) is 0 Å². The van der Waals surface area contributed by atoms with Crippen molar-refractivity contribution in [2.75, 3.05) is 0 Å². The van der Waals surface area contributed by atoms with E-state index in [2.05, 4.69) is 11.6 Å². The molecular formula is CH3LiO3P+. The molecule has 0 aliphatic rings. The van der Waals surface area contributed by atoms with Crippen LogP contribution in [0.4, 0.5) is 0 Å². The first kappa shape index (κ1) is 9.79. The first-order chi connectivity index (χ1) is 2.27. The van der Waals surface area contributed by atoms with E-state index in [1.54, 1.807) is 0 Å². The smallest absolute Gasteiger partial charge is 0.296 e. The molecule has 1 atom stereocenters. The van der Waals surface area contributed by atoms with Gasteiger partial charge in [-0.3, -0.25) is 4.52 Å². The average molecular weight is 101 g/mol. The van der Waals surface area contributed by atoms with E-state index in [9.17, 15) is 4.57 Å². The van der Waals surface area contributed by atoms with Crippen LogP contribution in [0.15, 0.2) is 0 Å². The van der Waals surface area contributed by atoms with Crippen LogP contribution in [0, 0.1) is 7.11 Å². The van der Waals surface area contributed by atoms with Crippen LogP contribution in [-0.2, 0) is 9.09 Å². The summed E-state index contributed by atoms with van der Waals surface area (Å²) in [7, 11) is 0.192. The summed E-state index contributed by atoms with van der Waals surface area (Å²) >= 11 is 0. The molecule has 0 aromatic rings. The molecule has 1 unspecified atom stereocenters. The Morgan fingerprint density at radius 2 is 2.00 bits per heavy atom. The minimum Gasteiger partial charge on any atom is -0.296 e. The van der Waals surface area contributed by atoms with Crippen LogP contribution in [0.2, 0.25) is 0 Å². The normalized spacial score (nSPS) is 9.33. The van der Waals surface area contributed by atoms with E-state index in [-0.39, 0.29) is 18.9 Å². The van der Waals surface area contributed by atoms with Crippen molar-refractivity contribution in [1.82, 2.24) is 0 Å². The predicted molar refractivity (Wildman–Crippen MR) is 16.3 cm³/mol. The van der Waals surface area contributed by atoms with Crippen LogP contribution in [0.25, 0.3) is 0 Å². The van der Waals surface area contributed by atoms with E-state index < -0.39 is 8.25 Å². The molecular weight excluding hydrogens is 97.9 g/mol. The summed E-state index contributed by atoms with van der Waals surface area (Å²) in [5.74, 6) is 0. The van der Waals surface area contributed by atoms with E-state index in [0.29, 0.717) is 0 Å². The van der Waals surface area contributed by atoms with E-state index in [4.69, 9.17) is 4.89 Å². The minimum atomic E-state index is -2.46. The van der Waals surface area contributed by atoms with Crippen molar-refractivity contribution in [3.8, 4) is 0 Å². The summed E-state index contributed by atoms with van der Waals surface area (Å²) < 4.78 is 12.8. The first-order valence-corrected chi connectivity index (χ1v) is 1.98. The van der Waals surface area contributed by atoms with Crippen LogP contribution in [-0.4, -0.2) is 4.89 Å². The zero-order valence-electron chi connectivity index (χ0n) is 3.42. The second-order valence-electron chi connectivity index (χ2n) is 0.367. The molecule has 5 heteroatoms. The molecule has 0 aliphatic carbocycles. The monoisotopic (exact) mass is 101 g/mol. The Labute approximate surface area is 48.8 Å². The topological polar surface area (TPSA) is 46.5 Å². The maximum Gasteiger partial charge on any atom is 1.00 e. The summed E-state index contributed by atoms with van der Waals surface area (Å²) in [5, 5.41) is 0. The molecule has 6 heavy (non-hydrogen) atoms. The standard InChI is InChI=1S/CH3O3P.Li/c1-4-5(2)3;/h1H2,(H,2,3);/q;+1. The van der Waals surface area contributed by atoms with Gasteiger partial charge in [0.05, 0.1) is 0 Å². The van der Waals surface area contributed by atoms with Gasteiger partial charge < -0.3 is 0 Å². The second-order valence-corrected chi connectivity index (χ2v) is 1.10. The van der Waals surface area contributed by atoms with Crippen molar-refractivity contribution >= 4 is 8.25 Å². The summed E-state index contributed by atoms with van der Waals surface area (Å²) in [6.45, 7) is 0. The third-order valence-corrected chi connectivity index (χ3v) is 0.331. The zero-order valence-corrected chi connectivity index (χ0v) is 4.31. The molecule has 0 aromatic heterocycles. The van der Waals surface area contributed by atoms with Crippen molar-refractivity contribution < 1.29 is 32.8 Å². The molecule has 0 amide bonds. The van der Waals surface area contributed by atoms with E-state index >= 15 is 0 Å². The average Bonchev–Trinajstić information content (AvgIpc) is 1.38. The maximum atomic E-state index is 9.23. The van der Waals surface area contributed by atoms with Crippen molar-refractivity contribution in [3.05, 3.63) is 7.11 Å². The van der Waals surface area contributed by atoms with Crippen LogP contribution < -0.4 is 18.9 Å². The summed E-state index contributed by atoms with van der Waals surface area (Å²) in [6, 6.07) is 0. The Balaban J connectivity index is 0. The summed E-state index contributed by atoms with van der Waals surface area (Å²) in [6.07, 6.45) is 0. The van der Waals surface area contributed by atoms with Gasteiger partial charge in [-0.2, -0.15) is 7.11 Å². The Hall–Kier alpha value is 0.617. The quantitative estimate of drug-likeness (QED) is 0.224. The van der Waals surface area contributed by atoms with Gasteiger partial charge in [-0.1, -0.05) is 0 Å². The fraction of sp³-hybridized carbons (Fsp3) is 0. The first-order valence-electron chi connectivity index (χ1n) is 0.854. The molecule has 30 valence electrons. The molecule has 3 nitrogen and oxygen atoms in total. The van der Waals surface area contributed by atoms with Gasteiger partial charge in [0.2, 0.25) is 0 Å². The molecule has 0 aromatic carbocycles. The van der Waals surface area contributed by atoms with E-state index in [1.807, 2.05) is 0 Å². The molecule has 1 N–H and O–H groups in total. The summed E-state index contributed by atoms with van der Waals surface area (Å²) in [5.41, 5.74) is 0. The number of hydrogen-bond donors (Lipinski definition) is 1. The molecule has 0 saturated heterocycles. The van der Waals surface area contributed by atoms with Gasteiger partial charge in [0.1, 0.15) is 0 Å². The van der Waals surface area contributed by atoms with Crippen molar-refractivity contribution in [3.63, 3.8) is 0 Å². The van der Waals surface area contributed by atoms with Gasteiger partial charge >= 0.3 is 27.1 Å². The Bertz CT molecular complexity index is 46.1. The molecule has 0 heterocycles. The predicted octanol–water partition coefficient (Wildman–Crippen LogP) is -2.55. The molecule has 0 aliphatic heterocycles. The number of hydrogen-bond acceptors (Lipinski definition) is 2.